The lowest BCUT2D eigenvalue weighted by Gasteiger charge is -2.33. The van der Waals surface area contributed by atoms with Gasteiger partial charge in [0.2, 0.25) is 21.8 Å². The van der Waals surface area contributed by atoms with Gasteiger partial charge in [-0.05, 0) is 53.9 Å². The monoisotopic (exact) mass is 573 g/mol. The van der Waals surface area contributed by atoms with E-state index in [9.17, 15) is 22.4 Å². The Morgan fingerprint density at radius 3 is 2.18 bits per heavy atom. The molecule has 10 heteroatoms. The van der Waals surface area contributed by atoms with Crippen LogP contribution in [0, 0.1) is 5.82 Å². The number of amides is 2. The summed E-state index contributed by atoms with van der Waals surface area (Å²) in [7, 11) is -3.87. The van der Waals surface area contributed by atoms with E-state index < -0.39 is 34.3 Å². The molecule has 0 fully saturated rings. The van der Waals surface area contributed by atoms with Crippen molar-refractivity contribution in [3.63, 3.8) is 0 Å². The van der Waals surface area contributed by atoms with E-state index >= 15 is 0 Å². The second-order valence-corrected chi connectivity index (χ2v) is 11.6. The number of nitrogens with zero attached hydrogens (tertiary/aromatic N) is 2. The average Bonchev–Trinajstić information content (AvgIpc) is 2.91. The quantitative estimate of drug-likeness (QED) is 0.298. The molecule has 0 aliphatic carbocycles. The lowest BCUT2D eigenvalue weighted by atomic mass is 10.0. The molecule has 0 radical (unpaired) electrons. The van der Waals surface area contributed by atoms with Crippen LogP contribution in [-0.4, -0.2) is 50.5 Å². The highest BCUT2D eigenvalue weighted by molar-refractivity contribution is 7.92. The van der Waals surface area contributed by atoms with Crippen molar-refractivity contribution in [3.8, 4) is 0 Å². The third-order valence-electron chi connectivity index (χ3n) is 6.16. The SMILES string of the molecule is CCCCNC(=O)[C@H](Cc1ccccc1)N(Cc1ccc(F)cc1)C(=O)CN(c1ccc(Cl)cc1)S(C)(=O)=O. The van der Waals surface area contributed by atoms with E-state index in [-0.39, 0.29) is 24.6 Å². The van der Waals surface area contributed by atoms with Gasteiger partial charge >= 0.3 is 0 Å². The highest BCUT2D eigenvalue weighted by Gasteiger charge is 2.33. The van der Waals surface area contributed by atoms with Gasteiger partial charge in [0.05, 0.1) is 11.9 Å². The fourth-order valence-corrected chi connectivity index (χ4v) is 5.04. The summed E-state index contributed by atoms with van der Waals surface area (Å²) in [4.78, 5) is 28.8. The van der Waals surface area contributed by atoms with Crippen molar-refractivity contribution in [1.29, 1.82) is 0 Å². The fraction of sp³-hybridized carbons (Fsp3) is 0.310. The van der Waals surface area contributed by atoms with E-state index in [2.05, 4.69) is 5.32 Å². The Morgan fingerprint density at radius 2 is 1.59 bits per heavy atom. The third kappa shape index (κ3) is 9.07. The summed E-state index contributed by atoms with van der Waals surface area (Å²) in [5, 5.41) is 3.34. The Hall–Kier alpha value is -3.43. The van der Waals surface area contributed by atoms with Crippen molar-refractivity contribution >= 4 is 39.1 Å². The van der Waals surface area contributed by atoms with Gasteiger partial charge in [0.25, 0.3) is 0 Å². The first-order valence-corrected chi connectivity index (χ1v) is 14.9. The van der Waals surface area contributed by atoms with Crippen molar-refractivity contribution < 1.29 is 22.4 Å². The molecular weight excluding hydrogens is 541 g/mol. The Bertz CT molecular complexity index is 1340. The molecule has 7 nitrogen and oxygen atoms in total. The number of nitrogens with one attached hydrogen (secondary N) is 1. The number of sulfonamides is 1. The third-order valence-corrected chi connectivity index (χ3v) is 7.55. The van der Waals surface area contributed by atoms with Crippen LogP contribution < -0.4 is 9.62 Å². The van der Waals surface area contributed by atoms with Crippen LogP contribution in [-0.2, 0) is 32.6 Å². The molecule has 0 saturated heterocycles. The van der Waals surface area contributed by atoms with Gasteiger partial charge in [-0.2, -0.15) is 0 Å². The number of hydrogen-bond donors (Lipinski definition) is 1. The van der Waals surface area contributed by atoms with E-state index in [0.717, 1.165) is 29.0 Å². The lowest BCUT2D eigenvalue weighted by molar-refractivity contribution is -0.140. The molecule has 0 spiro atoms. The molecule has 39 heavy (non-hydrogen) atoms. The fourth-order valence-electron chi connectivity index (χ4n) is 4.07. The van der Waals surface area contributed by atoms with E-state index in [1.807, 2.05) is 37.3 Å². The van der Waals surface area contributed by atoms with Gasteiger partial charge < -0.3 is 10.2 Å². The highest BCUT2D eigenvalue weighted by Crippen LogP contribution is 2.22. The Labute approximate surface area is 234 Å². The molecule has 0 aliphatic rings. The average molecular weight is 574 g/mol. The first-order chi connectivity index (χ1) is 18.6. The van der Waals surface area contributed by atoms with Gasteiger partial charge in [-0.1, -0.05) is 67.4 Å². The topological polar surface area (TPSA) is 86.8 Å². The standard InChI is InChI=1S/C29H33ClFN3O4S/c1-3-4-18-32-29(36)27(19-22-8-6-5-7-9-22)33(20-23-10-14-25(31)15-11-23)28(35)21-34(39(2,37)38)26-16-12-24(30)13-17-26/h5-17,27H,3-4,18-21H2,1-2H3,(H,32,36)/t27-/m0/s1. The van der Waals surface area contributed by atoms with E-state index in [1.165, 1.54) is 53.4 Å². The van der Waals surface area contributed by atoms with Crippen LogP contribution in [0.4, 0.5) is 10.1 Å². The van der Waals surface area contributed by atoms with Crippen molar-refractivity contribution in [1.82, 2.24) is 10.2 Å². The second-order valence-electron chi connectivity index (χ2n) is 9.24. The summed E-state index contributed by atoms with van der Waals surface area (Å²) in [6.07, 6.45) is 2.88. The van der Waals surface area contributed by atoms with E-state index in [4.69, 9.17) is 11.6 Å². The molecule has 3 aromatic rings. The maximum absolute atomic E-state index is 13.9. The van der Waals surface area contributed by atoms with Crippen molar-refractivity contribution in [3.05, 3.63) is 101 Å². The van der Waals surface area contributed by atoms with Crippen LogP contribution in [0.15, 0.2) is 78.9 Å². The van der Waals surface area contributed by atoms with Gasteiger partial charge in [-0.15, -0.1) is 0 Å². The molecule has 1 atom stereocenters. The van der Waals surface area contributed by atoms with Crippen molar-refractivity contribution in [2.75, 3.05) is 23.7 Å². The van der Waals surface area contributed by atoms with Crippen LogP contribution in [0.1, 0.15) is 30.9 Å². The van der Waals surface area contributed by atoms with Crippen LogP contribution in [0.3, 0.4) is 0 Å². The number of hydrogen-bond acceptors (Lipinski definition) is 4. The summed E-state index contributed by atoms with van der Waals surface area (Å²) in [6, 6.07) is 20.1. The molecule has 0 heterocycles. The van der Waals surface area contributed by atoms with Crippen LogP contribution in [0.25, 0.3) is 0 Å². The van der Waals surface area contributed by atoms with E-state index in [1.54, 1.807) is 0 Å². The summed E-state index contributed by atoms with van der Waals surface area (Å²) in [5.74, 6) is -1.35. The van der Waals surface area contributed by atoms with Gasteiger partial charge in [-0.3, -0.25) is 13.9 Å². The van der Waals surface area contributed by atoms with Gasteiger partial charge in [0.15, 0.2) is 0 Å². The molecule has 0 bridgehead atoms. The summed E-state index contributed by atoms with van der Waals surface area (Å²) in [5.41, 5.74) is 1.70. The summed E-state index contributed by atoms with van der Waals surface area (Å²) >= 11 is 5.98. The smallest absolute Gasteiger partial charge is 0.244 e. The normalized spacial score (nSPS) is 12.0. The van der Waals surface area contributed by atoms with Crippen LogP contribution >= 0.6 is 11.6 Å². The molecule has 0 saturated carbocycles. The molecule has 3 aromatic carbocycles. The highest BCUT2D eigenvalue weighted by atomic mass is 35.5. The first-order valence-electron chi connectivity index (χ1n) is 12.7. The largest absolute Gasteiger partial charge is 0.354 e. The maximum atomic E-state index is 13.9. The number of halogens is 2. The Kier molecular flexibility index (Phi) is 10.9. The predicted octanol–water partition coefficient (Wildman–Crippen LogP) is 4.80. The molecule has 208 valence electrons. The summed E-state index contributed by atoms with van der Waals surface area (Å²) in [6.45, 7) is 1.90. The second kappa shape index (κ2) is 14.1. The molecule has 0 aromatic heterocycles. The number of carbonyl (C=O) groups excluding carboxylic acids is 2. The minimum absolute atomic E-state index is 0.0178. The molecule has 0 unspecified atom stereocenters. The minimum atomic E-state index is -3.87. The molecule has 1 N–H and O–H groups in total. The van der Waals surface area contributed by atoms with E-state index in [0.29, 0.717) is 17.1 Å². The zero-order valence-corrected chi connectivity index (χ0v) is 23.6. The zero-order chi connectivity index (χ0) is 28.4. The molecule has 0 aliphatic heterocycles. The molecule has 2 amide bonds. The summed E-state index contributed by atoms with van der Waals surface area (Å²) < 4.78 is 40.1. The van der Waals surface area contributed by atoms with Crippen LogP contribution in [0.5, 0.6) is 0 Å². The van der Waals surface area contributed by atoms with Gasteiger partial charge in [0, 0.05) is 24.5 Å². The van der Waals surface area contributed by atoms with Crippen molar-refractivity contribution in [2.24, 2.45) is 0 Å². The van der Waals surface area contributed by atoms with Crippen LogP contribution in [0.2, 0.25) is 5.02 Å². The Balaban J connectivity index is 2.01. The number of unbranched alkanes of at least 4 members (excludes halogenated alkanes) is 1. The van der Waals surface area contributed by atoms with Crippen molar-refractivity contribution in [2.45, 2.75) is 38.8 Å². The first kappa shape index (κ1) is 30.1. The number of anilines is 1. The number of benzene rings is 3. The molecule has 3 rings (SSSR count). The Morgan fingerprint density at radius 1 is 0.949 bits per heavy atom. The number of rotatable bonds is 13. The van der Waals surface area contributed by atoms with Gasteiger partial charge in [0.1, 0.15) is 18.4 Å². The number of carbonyl (C=O) groups is 2. The minimum Gasteiger partial charge on any atom is -0.354 e. The maximum Gasteiger partial charge on any atom is 0.244 e. The lowest BCUT2D eigenvalue weighted by Crippen LogP contribution is -2.53. The van der Waals surface area contributed by atoms with Gasteiger partial charge in [-0.25, -0.2) is 12.8 Å². The molecular formula is C29H33ClFN3O4S. The zero-order valence-electron chi connectivity index (χ0n) is 22.0. The predicted molar refractivity (Wildman–Crippen MR) is 152 cm³/mol.